The van der Waals surface area contributed by atoms with Crippen molar-refractivity contribution < 1.29 is 29.3 Å². The van der Waals surface area contributed by atoms with Gasteiger partial charge >= 0.3 is 0 Å². The summed E-state index contributed by atoms with van der Waals surface area (Å²) in [5.41, 5.74) is 2.12. The molecular formula is C26H36O6. The topological polar surface area (TPSA) is 93.1 Å². The molecular weight excluding hydrogens is 408 g/mol. The van der Waals surface area contributed by atoms with E-state index in [2.05, 4.69) is 0 Å². The molecule has 32 heavy (non-hydrogen) atoms. The van der Waals surface area contributed by atoms with Crippen molar-refractivity contribution in [3.05, 3.63) is 71.8 Å². The smallest absolute Gasteiger partial charge is 0.135 e. The predicted octanol–water partition coefficient (Wildman–Crippen LogP) is 3.58. The SMILES string of the molecule is CC(=O)[C@@H](C)[C@H](O)COCc1ccccc1.CC(=O)[C@H](C)[C@H](O)COCc1ccccc1. The number of hydrogen-bond acceptors (Lipinski definition) is 6. The van der Waals surface area contributed by atoms with Crippen LogP contribution in [0.5, 0.6) is 0 Å². The van der Waals surface area contributed by atoms with Crippen molar-refractivity contribution in [3.63, 3.8) is 0 Å². The van der Waals surface area contributed by atoms with Crippen LogP contribution in [-0.2, 0) is 32.3 Å². The van der Waals surface area contributed by atoms with Crippen molar-refractivity contribution in [1.82, 2.24) is 0 Å². The number of aliphatic hydroxyl groups excluding tert-OH is 2. The van der Waals surface area contributed by atoms with Gasteiger partial charge in [0.15, 0.2) is 0 Å². The zero-order valence-electron chi connectivity index (χ0n) is 19.4. The number of carbonyl (C=O) groups excluding carboxylic acids is 2. The molecule has 6 heteroatoms. The first-order valence-corrected chi connectivity index (χ1v) is 10.8. The average Bonchev–Trinajstić information content (AvgIpc) is 2.79. The van der Waals surface area contributed by atoms with Crippen LogP contribution in [0.2, 0.25) is 0 Å². The molecule has 0 aromatic heterocycles. The first-order chi connectivity index (χ1) is 15.2. The minimum absolute atomic E-state index is 0.0178. The number of benzene rings is 2. The van der Waals surface area contributed by atoms with Gasteiger partial charge in [0.25, 0.3) is 0 Å². The van der Waals surface area contributed by atoms with E-state index in [-0.39, 0.29) is 36.6 Å². The first-order valence-electron chi connectivity index (χ1n) is 10.8. The molecule has 0 heterocycles. The van der Waals surface area contributed by atoms with E-state index < -0.39 is 12.2 Å². The van der Waals surface area contributed by atoms with Gasteiger partial charge in [-0.05, 0) is 25.0 Å². The maximum absolute atomic E-state index is 11.0. The molecule has 0 saturated heterocycles. The van der Waals surface area contributed by atoms with E-state index in [9.17, 15) is 19.8 Å². The quantitative estimate of drug-likeness (QED) is 0.520. The number of ketones is 2. The van der Waals surface area contributed by atoms with Crippen LogP contribution in [0.15, 0.2) is 60.7 Å². The summed E-state index contributed by atoms with van der Waals surface area (Å²) < 4.78 is 10.7. The van der Waals surface area contributed by atoms with Crippen LogP contribution in [0.3, 0.4) is 0 Å². The van der Waals surface area contributed by atoms with E-state index >= 15 is 0 Å². The Morgan fingerprint density at radius 2 is 1.00 bits per heavy atom. The summed E-state index contributed by atoms with van der Waals surface area (Å²) >= 11 is 0. The van der Waals surface area contributed by atoms with E-state index in [4.69, 9.17) is 9.47 Å². The Labute approximate surface area is 191 Å². The third kappa shape index (κ3) is 11.3. The van der Waals surface area contributed by atoms with Crippen LogP contribution in [0, 0.1) is 11.8 Å². The number of ether oxygens (including phenoxy) is 2. The maximum Gasteiger partial charge on any atom is 0.135 e. The number of carbonyl (C=O) groups is 2. The highest BCUT2D eigenvalue weighted by Crippen LogP contribution is 2.08. The van der Waals surface area contributed by atoms with E-state index in [1.807, 2.05) is 60.7 Å². The molecule has 2 aromatic carbocycles. The van der Waals surface area contributed by atoms with Gasteiger partial charge in [0, 0.05) is 11.8 Å². The monoisotopic (exact) mass is 444 g/mol. The highest BCUT2D eigenvalue weighted by atomic mass is 16.5. The maximum atomic E-state index is 11.0. The summed E-state index contributed by atoms with van der Waals surface area (Å²) in [6.45, 7) is 7.67. The molecule has 6 nitrogen and oxygen atoms in total. The first kappa shape index (κ1) is 27.7. The van der Waals surface area contributed by atoms with Gasteiger partial charge in [-0.2, -0.15) is 0 Å². The molecule has 0 spiro atoms. The fourth-order valence-electron chi connectivity index (χ4n) is 2.57. The lowest BCUT2D eigenvalue weighted by molar-refractivity contribution is -0.126. The Balaban J connectivity index is 0.000000320. The van der Waals surface area contributed by atoms with Gasteiger partial charge in [-0.25, -0.2) is 0 Å². The normalized spacial score (nSPS) is 14.4. The van der Waals surface area contributed by atoms with E-state index in [0.717, 1.165) is 11.1 Å². The second kappa shape index (κ2) is 15.4. The Bertz CT molecular complexity index is 710. The average molecular weight is 445 g/mol. The highest BCUT2D eigenvalue weighted by molar-refractivity contribution is 5.78. The van der Waals surface area contributed by atoms with Gasteiger partial charge in [-0.3, -0.25) is 9.59 Å². The Morgan fingerprint density at radius 1 is 0.688 bits per heavy atom. The summed E-state index contributed by atoms with van der Waals surface area (Å²) in [6, 6.07) is 19.5. The number of hydrogen-bond donors (Lipinski definition) is 2. The van der Waals surface area contributed by atoms with Gasteiger partial charge in [-0.1, -0.05) is 74.5 Å². The third-order valence-corrected chi connectivity index (χ3v) is 5.24. The molecule has 2 rings (SSSR count). The molecule has 4 atom stereocenters. The van der Waals surface area contributed by atoms with Crippen LogP contribution < -0.4 is 0 Å². The van der Waals surface area contributed by atoms with E-state index in [1.165, 1.54) is 13.8 Å². The van der Waals surface area contributed by atoms with Crippen molar-refractivity contribution in [2.45, 2.75) is 53.1 Å². The van der Waals surface area contributed by atoms with Gasteiger partial charge in [0.2, 0.25) is 0 Å². The molecule has 0 unspecified atom stereocenters. The van der Waals surface area contributed by atoms with E-state index in [0.29, 0.717) is 13.2 Å². The van der Waals surface area contributed by atoms with Crippen LogP contribution in [-0.4, -0.2) is 47.2 Å². The number of rotatable bonds is 12. The zero-order chi connectivity index (χ0) is 23.9. The summed E-state index contributed by atoms with van der Waals surface area (Å²) in [4.78, 5) is 22.0. The van der Waals surface area contributed by atoms with Gasteiger partial charge in [-0.15, -0.1) is 0 Å². The summed E-state index contributed by atoms with van der Waals surface area (Å²) in [7, 11) is 0. The van der Waals surface area contributed by atoms with Gasteiger partial charge in [0.05, 0.1) is 38.6 Å². The lowest BCUT2D eigenvalue weighted by Crippen LogP contribution is -2.28. The molecule has 2 aromatic rings. The van der Waals surface area contributed by atoms with Crippen molar-refractivity contribution in [3.8, 4) is 0 Å². The second-order valence-electron chi connectivity index (χ2n) is 7.93. The van der Waals surface area contributed by atoms with Crippen LogP contribution in [0.25, 0.3) is 0 Å². The lowest BCUT2D eigenvalue weighted by atomic mass is 10.0. The molecule has 2 N–H and O–H groups in total. The number of Topliss-reactive ketones (excluding diaryl/α,β-unsaturated/α-hetero) is 2. The minimum atomic E-state index is -0.721. The molecule has 0 saturated carbocycles. The summed E-state index contributed by atoms with van der Waals surface area (Å²) in [5, 5.41) is 19.2. The molecule has 0 radical (unpaired) electrons. The van der Waals surface area contributed by atoms with Gasteiger partial charge < -0.3 is 19.7 Å². The zero-order valence-corrected chi connectivity index (χ0v) is 19.4. The van der Waals surface area contributed by atoms with Crippen molar-refractivity contribution in [1.29, 1.82) is 0 Å². The van der Waals surface area contributed by atoms with Crippen LogP contribution in [0.4, 0.5) is 0 Å². The van der Waals surface area contributed by atoms with Crippen LogP contribution in [0.1, 0.15) is 38.8 Å². The lowest BCUT2D eigenvalue weighted by Gasteiger charge is -2.16. The summed E-state index contributed by atoms with van der Waals surface area (Å²) in [6.07, 6.45) is -1.44. The summed E-state index contributed by atoms with van der Waals surface area (Å²) in [5.74, 6) is -0.766. The van der Waals surface area contributed by atoms with Crippen molar-refractivity contribution in [2.75, 3.05) is 13.2 Å². The molecule has 0 amide bonds. The van der Waals surface area contributed by atoms with E-state index in [1.54, 1.807) is 13.8 Å². The fourth-order valence-corrected chi connectivity index (χ4v) is 2.57. The minimum Gasteiger partial charge on any atom is -0.390 e. The largest absolute Gasteiger partial charge is 0.390 e. The molecule has 0 aliphatic carbocycles. The Hall–Kier alpha value is -2.38. The van der Waals surface area contributed by atoms with Gasteiger partial charge in [0.1, 0.15) is 11.6 Å². The van der Waals surface area contributed by atoms with Crippen LogP contribution >= 0.6 is 0 Å². The Kier molecular flexibility index (Phi) is 13.3. The third-order valence-electron chi connectivity index (χ3n) is 5.24. The molecule has 176 valence electrons. The second-order valence-corrected chi connectivity index (χ2v) is 7.93. The molecule has 0 aliphatic heterocycles. The highest BCUT2D eigenvalue weighted by Gasteiger charge is 2.19. The fraction of sp³-hybridized carbons (Fsp3) is 0.462. The molecule has 0 bridgehead atoms. The molecule has 0 fully saturated rings. The standard InChI is InChI=1S/2C13H18O3/c2*1-10(11(2)14)13(15)9-16-8-12-6-4-3-5-7-12/h2*3-7,10,13,15H,8-9H2,1-2H3/t10-,13+;10-,13-/m01/s1. The molecule has 0 aliphatic rings. The van der Waals surface area contributed by atoms with Crippen molar-refractivity contribution in [2.24, 2.45) is 11.8 Å². The van der Waals surface area contributed by atoms with Crippen molar-refractivity contribution >= 4 is 11.6 Å². The predicted molar refractivity (Wildman–Crippen MR) is 124 cm³/mol. The number of aliphatic hydroxyl groups is 2. The Morgan fingerprint density at radius 3 is 1.28 bits per heavy atom.